The molecule has 0 saturated heterocycles. The predicted molar refractivity (Wildman–Crippen MR) is 79.4 cm³/mol. The molecule has 1 rings (SSSR count). The van der Waals surface area contributed by atoms with E-state index in [9.17, 15) is 9.90 Å². The molecule has 5 heteroatoms. The molecule has 0 heterocycles. The first-order valence-corrected chi connectivity index (χ1v) is 7.69. The predicted octanol–water partition coefficient (Wildman–Crippen LogP) is 2.17. The van der Waals surface area contributed by atoms with Crippen molar-refractivity contribution in [3.05, 3.63) is 0 Å². The number of nitrogens with two attached hydrogens (primary N) is 1. The average Bonchev–Trinajstić information content (AvgIpc) is 2.36. The molecule has 1 aliphatic rings. The van der Waals surface area contributed by atoms with Gasteiger partial charge in [-0.2, -0.15) is 0 Å². The number of nitrogens with one attached hydrogen (secondary N) is 1. The number of aliphatic hydroxyl groups is 1. The molecule has 118 valence electrons. The van der Waals surface area contributed by atoms with Crippen LogP contribution in [0.5, 0.6) is 0 Å². The Morgan fingerprint density at radius 1 is 1.35 bits per heavy atom. The molecular formula is C15H30N2O3. The highest BCUT2D eigenvalue weighted by Crippen LogP contribution is 2.28. The molecule has 0 radical (unpaired) electrons. The van der Waals surface area contributed by atoms with E-state index in [0.29, 0.717) is 12.3 Å². The maximum atomic E-state index is 11.9. The minimum absolute atomic E-state index is 0.0521. The Kier molecular flexibility index (Phi) is 6.76. The van der Waals surface area contributed by atoms with Gasteiger partial charge in [0.15, 0.2) is 0 Å². The second-order valence-corrected chi connectivity index (χ2v) is 6.78. The van der Waals surface area contributed by atoms with Gasteiger partial charge >= 0.3 is 6.09 Å². The summed E-state index contributed by atoms with van der Waals surface area (Å²) in [6.07, 6.45) is 5.35. The van der Waals surface area contributed by atoms with Gasteiger partial charge in [0.1, 0.15) is 5.60 Å². The molecule has 20 heavy (non-hydrogen) atoms. The van der Waals surface area contributed by atoms with Gasteiger partial charge in [-0.05, 0) is 46.0 Å². The Balaban J connectivity index is 2.59. The van der Waals surface area contributed by atoms with Crippen molar-refractivity contribution in [2.45, 2.75) is 77.0 Å². The number of aliphatic hydroxyl groups excluding tert-OH is 1. The van der Waals surface area contributed by atoms with Crippen LogP contribution in [-0.4, -0.2) is 35.5 Å². The van der Waals surface area contributed by atoms with Crippen LogP contribution in [0, 0.1) is 5.92 Å². The maximum absolute atomic E-state index is 11.9. The quantitative estimate of drug-likeness (QED) is 0.723. The van der Waals surface area contributed by atoms with Crippen molar-refractivity contribution in [3.8, 4) is 0 Å². The van der Waals surface area contributed by atoms with Crippen LogP contribution in [0.25, 0.3) is 0 Å². The molecular weight excluding hydrogens is 256 g/mol. The number of hydrogen-bond donors (Lipinski definition) is 3. The van der Waals surface area contributed by atoms with E-state index in [0.717, 1.165) is 12.8 Å². The second-order valence-electron chi connectivity index (χ2n) is 6.78. The molecule has 0 aromatic rings. The molecule has 2 atom stereocenters. The van der Waals surface area contributed by atoms with Gasteiger partial charge in [-0.1, -0.05) is 19.3 Å². The number of ether oxygens (including phenoxy) is 1. The standard InChI is InChI=1S/C15H30N2O3/c1-15(2,3)20-14(19)17-13(9-12(18)10-16)11-7-5-4-6-8-11/h11-13,18H,4-10,16H2,1-3H3,(H,17,19)/t12?,13-/m0/s1. The lowest BCUT2D eigenvalue weighted by molar-refractivity contribution is 0.0443. The van der Waals surface area contributed by atoms with E-state index in [1.165, 1.54) is 19.3 Å². The summed E-state index contributed by atoms with van der Waals surface area (Å²) in [4.78, 5) is 11.9. The SMILES string of the molecule is CC(C)(C)OC(=O)N[C@@H](CC(O)CN)C1CCCCC1. The van der Waals surface area contributed by atoms with Gasteiger partial charge in [-0.3, -0.25) is 0 Å². The minimum atomic E-state index is -0.572. The molecule has 1 unspecified atom stereocenters. The first-order chi connectivity index (χ1) is 9.31. The van der Waals surface area contributed by atoms with E-state index in [-0.39, 0.29) is 12.6 Å². The van der Waals surface area contributed by atoms with Crippen molar-refractivity contribution in [3.63, 3.8) is 0 Å². The summed E-state index contributed by atoms with van der Waals surface area (Å²) in [5, 5.41) is 12.7. The third-order valence-electron chi connectivity index (χ3n) is 3.72. The largest absolute Gasteiger partial charge is 0.444 e. The number of hydrogen-bond acceptors (Lipinski definition) is 4. The van der Waals surface area contributed by atoms with Crippen LogP contribution in [0.15, 0.2) is 0 Å². The smallest absolute Gasteiger partial charge is 0.407 e. The van der Waals surface area contributed by atoms with Gasteiger partial charge in [0.2, 0.25) is 0 Å². The van der Waals surface area contributed by atoms with Gasteiger partial charge in [-0.25, -0.2) is 4.79 Å². The van der Waals surface area contributed by atoms with Crippen LogP contribution in [0.4, 0.5) is 4.79 Å². The lowest BCUT2D eigenvalue weighted by Crippen LogP contribution is -2.46. The average molecular weight is 286 g/mol. The monoisotopic (exact) mass is 286 g/mol. The summed E-state index contributed by atoms with van der Waals surface area (Å²) in [5.74, 6) is 0.414. The van der Waals surface area contributed by atoms with E-state index in [1.54, 1.807) is 0 Å². The maximum Gasteiger partial charge on any atom is 0.407 e. The van der Waals surface area contributed by atoms with Crippen LogP contribution in [0.3, 0.4) is 0 Å². The zero-order chi connectivity index (χ0) is 15.2. The highest BCUT2D eigenvalue weighted by molar-refractivity contribution is 5.68. The summed E-state index contributed by atoms with van der Waals surface area (Å²) < 4.78 is 5.31. The Bertz CT molecular complexity index is 296. The summed E-state index contributed by atoms with van der Waals surface area (Å²) in [6.45, 7) is 5.75. The van der Waals surface area contributed by atoms with Crippen LogP contribution in [0.2, 0.25) is 0 Å². The Morgan fingerprint density at radius 2 is 1.95 bits per heavy atom. The minimum Gasteiger partial charge on any atom is -0.444 e. The number of carbonyl (C=O) groups excluding carboxylic acids is 1. The van der Waals surface area contributed by atoms with Gasteiger partial charge in [0.05, 0.1) is 6.10 Å². The Morgan fingerprint density at radius 3 is 2.45 bits per heavy atom. The van der Waals surface area contributed by atoms with Crippen LogP contribution in [0.1, 0.15) is 59.3 Å². The third-order valence-corrected chi connectivity index (χ3v) is 3.72. The van der Waals surface area contributed by atoms with Crippen LogP contribution >= 0.6 is 0 Å². The highest BCUT2D eigenvalue weighted by Gasteiger charge is 2.28. The molecule has 5 nitrogen and oxygen atoms in total. The molecule has 1 fully saturated rings. The molecule has 1 aliphatic carbocycles. The zero-order valence-corrected chi connectivity index (χ0v) is 13.0. The molecule has 0 aliphatic heterocycles. The fourth-order valence-corrected chi connectivity index (χ4v) is 2.75. The summed E-state index contributed by atoms with van der Waals surface area (Å²) in [7, 11) is 0. The van der Waals surface area contributed by atoms with Crippen molar-refractivity contribution < 1.29 is 14.6 Å². The molecule has 0 spiro atoms. The van der Waals surface area contributed by atoms with Gasteiger partial charge < -0.3 is 20.9 Å². The third kappa shape index (κ3) is 6.57. The Labute approximate surface area is 122 Å². The van der Waals surface area contributed by atoms with Crippen molar-refractivity contribution >= 4 is 6.09 Å². The summed E-state index contributed by atoms with van der Waals surface area (Å²) in [6, 6.07) is -0.0521. The topological polar surface area (TPSA) is 84.6 Å². The van der Waals surface area contributed by atoms with Crippen molar-refractivity contribution in [2.75, 3.05) is 6.54 Å². The van der Waals surface area contributed by atoms with E-state index in [2.05, 4.69) is 5.32 Å². The number of rotatable bonds is 5. The lowest BCUT2D eigenvalue weighted by atomic mass is 9.82. The van der Waals surface area contributed by atoms with Crippen molar-refractivity contribution in [2.24, 2.45) is 11.7 Å². The highest BCUT2D eigenvalue weighted by atomic mass is 16.6. The molecule has 1 amide bonds. The normalized spacial score (nSPS) is 20.2. The van der Waals surface area contributed by atoms with E-state index >= 15 is 0 Å². The number of alkyl carbamates (subject to hydrolysis) is 1. The van der Waals surface area contributed by atoms with Crippen LogP contribution < -0.4 is 11.1 Å². The number of amides is 1. The van der Waals surface area contributed by atoms with E-state index < -0.39 is 17.8 Å². The molecule has 0 aromatic heterocycles. The molecule has 1 saturated carbocycles. The molecule has 4 N–H and O–H groups in total. The number of carbonyl (C=O) groups is 1. The van der Waals surface area contributed by atoms with E-state index in [1.807, 2.05) is 20.8 Å². The Hall–Kier alpha value is -0.810. The second kappa shape index (κ2) is 7.84. The molecule has 0 bridgehead atoms. The van der Waals surface area contributed by atoms with Crippen LogP contribution in [-0.2, 0) is 4.74 Å². The summed E-state index contributed by atoms with van der Waals surface area (Å²) in [5.41, 5.74) is 4.98. The van der Waals surface area contributed by atoms with Gasteiger partial charge in [0.25, 0.3) is 0 Å². The molecule has 0 aromatic carbocycles. The fraction of sp³-hybridized carbons (Fsp3) is 0.933. The van der Waals surface area contributed by atoms with Crippen molar-refractivity contribution in [1.29, 1.82) is 0 Å². The first-order valence-electron chi connectivity index (χ1n) is 7.69. The van der Waals surface area contributed by atoms with Gasteiger partial charge in [0, 0.05) is 12.6 Å². The van der Waals surface area contributed by atoms with Crippen molar-refractivity contribution in [1.82, 2.24) is 5.32 Å². The zero-order valence-electron chi connectivity index (χ0n) is 13.0. The fourth-order valence-electron chi connectivity index (χ4n) is 2.75. The van der Waals surface area contributed by atoms with Gasteiger partial charge in [-0.15, -0.1) is 0 Å². The lowest BCUT2D eigenvalue weighted by Gasteiger charge is -2.32. The van der Waals surface area contributed by atoms with E-state index in [4.69, 9.17) is 10.5 Å². The first kappa shape index (κ1) is 17.2. The summed E-state index contributed by atoms with van der Waals surface area (Å²) >= 11 is 0.